The maximum absolute atomic E-state index is 12.2. The SMILES string of the molecule is CCC(CC)(NC(=O)N(C)Cc1ccccc1Br)C(=O)O. The number of aliphatic carboxylic acids is 1. The van der Waals surface area contributed by atoms with Crippen molar-refractivity contribution < 1.29 is 14.7 Å². The van der Waals surface area contributed by atoms with Gasteiger partial charge in [0.05, 0.1) is 0 Å². The average Bonchev–Trinajstić information content (AvgIpc) is 2.46. The van der Waals surface area contributed by atoms with Crippen molar-refractivity contribution in [3.8, 4) is 0 Å². The molecular formula is C15H21BrN2O3. The van der Waals surface area contributed by atoms with Gasteiger partial charge in [-0.1, -0.05) is 48.0 Å². The molecule has 0 spiro atoms. The number of hydrogen-bond acceptors (Lipinski definition) is 2. The van der Waals surface area contributed by atoms with Crippen LogP contribution < -0.4 is 5.32 Å². The van der Waals surface area contributed by atoms with Gasteiger partial charge in [0.25, 0.3) is 0 Å². The molecule has 0 aliphatic heterocycles. The van der Waals surface area contributed by atoms with Crippen molar-refractivity contribution in [2.45, 2.75) is 38.8 Å². The van der Waals surface area contributed by atoms with Gasteiger partial charge in [0.1, 0.15) is 5.54 Å². The van der Waals surface area contributed by atoms with Gasteiger partial charge in [-0.2, -0.15) is 0 Å². The zero-order valence-electron chi connectivity index (χ0n) is 12.5. The van der Waals surface area contributed by atoms with Crippen molar-refractivity contribution in [1.29, 1.82) is 0 Å². The van der Waals surface area contributed by atoms with Gasteiger partial charge in [0, 0.05) is 18.1 Å². The highest BCUT2D eigenvalue weighted by atomic mass is 79.9. The molecule has 2 N–H and O–H groups in total. The normalized spacial score (nSPS) is 11.0. The second kappa shape index (κ2) is 7.45. The quantitative estimate of drug-likeness (QED) is 0.821. The van der Waals surface area contributed by atoms with Crippen molar-refractivity contribution >= 4 is 27.9 Å². The minimum Gasteiger partial charge on any atom is -0.480 e. The fourth-order valence-corrected chi connectivity index (χ4v) is 2.45. The molecule has 0 bridgehead atoms. The summed E-state index contributed by atoms with van der Waals surface area (Å²) in [5.41, 5.74) is -0.247. The maximum atomic E-state index is 12.2. The number of nitrogens with zero attached hydrogens (tertiary/aromatic N) is 1. The lowest BCUT2D eigenvalue weighted by atomic mass is 9.93. The van der Waals surface area contributed by atoms with Gasteiger partial charge >= 0.3 is 12.0 Å². The number of nitrogens with one attached hydrogen (secondary N) is 1. The molecule has 1 rings (SSSR count). The summed E-state index contributed by atoms with van der Waals surface area (Å²) in [6.07, 6.45) is 0.681. The number of rotatable bonds is 6. The van der Waals surface area contributed by atoms with Crippen LogP contribution in [0.3, 0.4) is 0 Å². The van der Waals surface area contributed by atoms with Crippen LogP contribution >= 0.6 is 15.9 Å². The Hall–Kier alpha value is -1.56. The third-order valence-electron chi connectivity index (χ3n) is 3.67. The lowest BCUT2D eigenvalue weighted by molar-refractivity contribution is -0.144. The number of carbonyl (C=O) groups is 2. The number of hydrogen-bond donors (Lipinski definition) is 2. The van der Waals surface area contributed by atoms with Crippen LogP contribution in [-0.2, 0) is 11.3 Å². The number of halogens is 1. The molecule has 5 nitrogen and oxygen atoms in total. The Morgan fingerprint density at radius 2 is 1.86 bits per heavy atom. The Balaban J connectivity index is 2.79. The Bertz CT molecular complexity index is 515. The van der Waals surface area contributed by atoms with Crippen LogP contribution in [0, 0.1) is 0 Å². The lowest BCUT2D eigenvalue weighted by Gasteiger charge is -2.30. The van der Waals surface area contributed by atoms with Crippen LogP contribution in [-0.4, -0.2) is 34.6 Å². The number of carbonyl (C=O) groups excluding carboxylic acids is 1. The highest BCUT2D eigenvalue weighted by Gasteiger charge is 2.37. The Morgan fingerprint density at radius 3 is 2.33 bits per heavy atom. The molecule has 0 atom stereocenters. The predicted molar refractivity (Wildman–Crippen MR) is 85.1 cm³/mol. The summed E-state index contributed by atoms with van der Waals surface area (Å²) in [6, 6.07) is 7.22. The van der Waals surface area contributed by atoms with E-state index in [-0.39, 0.29) is 0 Å². The summed E-state index contributed by atoms with van der Waals surface area (Å²) >= 11 is 3.43. The number of urea groups is 1. The second-order valence-electron chi connectivity index (χ2n) is 4.97. The molecule has 0 aromatic heterocycles. The van der Waals surface area contributed by atoms with Crippen LogP contribution in [0.15, 0.2) is 28.7 Å². The van der Waals surface area contributed by atoms with Gasteiger partial charge in [-0.25, -0.2) is 9.59 Å². The lowest BCUT2D eigenvalue weighted by Crippen LogP contribution is -2.56. The van der Waals surface area contributed by atoms with Crippen LogP contribution in [0.5, 0.6) is 0 Å². The molecule has 0 radical (unpaired) electrons. The Morgan fingerprint density at radius 1 is 1.29 bits per heavy atom. The topological polar surface area (TPSA) is 69.6 Å². The van der Waals surface area contributed by atoms with Gasteiger partial charge in [-0.3, -0.25) is 0 Å². The van der Waals surface area contributed by atoms with Crippen molar-refractivity contribution in [3.63, 3.8) is 0 Å². The van der Waals surface area contributed by atoms with E-state index in [1.807, 2.05) is 24.3 Å². The average molecular weight is 357 g/mol. The van der Waals surface area contributed by atoms with Crippen molar-refractivity contribution in [2.75, 3.05) is 7.05 Å². The van der Waals surface area contributed by atoms with Crippen LogP contribution in [0.1, 0.15) is 32.3 Å². The predicted octanol–water partition coefficient (Wildman–Crippen LogP) is 3.23. The number of carboxylic acid groups (broad SMARTS) is 1. The third kappa shape index (κ3) is 4.20. The first-order chi connectivity index (χ1) is 9.86. The van der Waals surface area contributed by atoms with E-state index in [0.717, 1.165) is 10.0 Å². The summed E-state index contributed by atoms with van der Waals surface area (Å²) in [4.78, 5) is 25.1. The Labute approximate surface area is 133 Å². The molecular weight excluding hydrogens is 336 g/mol. The first-order valence-corrected chi connectivity index (χ1v) is 7.65. The summed E-state index contributed by atoms with van der Waals surface area (Å²) < 4.78 is 0.917. The first-order valence-electron chi connectivity index (χ1n) is 6.86. The smallest absolute Gasteiger partial charge is 0.329 e. The van der Waals surface area contributed by atoms with E-state index >= 15 is 0 Å². The van der Waals surface area contributed by atoms with Crippen LogP contribution in [0.2, 0.25) is 0 Å². The monoisotopic (exact) mass is 356 g/mol. The molecule has 1 aromatic carbocycles. The summed E-state index contributed by atoms with van der Waals surface area (Å²) in [5, 5.41) is 12.0. The van der Waals surface area contributed by atoms with E-state index in [2.05, 4.69) is 21.2 Å². The summed E-state index contributed by atoms with van der Waals surface area (Å²) in [6.45, 7) is 3.91. The van der Waals surface area contributed by atoms with Crippen LogP contribution in [0.4, 0.5) is 4.79 Å². The molecule has 21 heavy (non-hydrogen) atoms. The van der Waals surface area contributed by atoms with E-state index < -0.39 is 17.5 Å². The summed E-state index contributed by atoms with van der Waals surface area (Å²) in [5.74, 6) is -1.00. The minimum absolute atomic E-state index is 0.341. The van der Waals surface area contributed by atoms with Crippen LogP contribution in [0.25, 0.3) is 0 Å². The molecule has 0 aliphatic carbocycles. The van der Waals surface area contributed by atoms with Crippen molar-refractivity contribution in [3.05, 3.63) is 34.3 Å². The number of amides is 2. The van der Waals surface area contributed by atoms with E-state index in [0.29, 0.717) is 19.4 Å². The fourth-order valence-electron chi connectivity index (χ4n) is 2.04. The number of carboxylic acids is 1. The fraction of sp³-hybridized carbons (Fsp3) is 0.467. The molecule has 2 amide bonds. The highest BCUT2D eigenvalue weighted by Crippen LogP contribution is 2.19. The van der Waals surface area contributed by atoms with Gasteiger partial charge in [-0.05, 0) is 24.5 Å². The summed E-state index contributed by atoms with van der Waals surface area (Å²) in [7, 11) is 1.65. The molecule has 0 aliphatic rings. The van der Waals surface area contributed by atoms with Crippen molar-refractivity contribution in [1.82, 2.24) is 10.2 Å². The molecule has 0 heterocycles. The van der Waals surface area contributed by atoms with E-state index in [1.54, 1.807) is 20.9 Å². The maximum Gasteiger partial charge on any atom is 0.329 e. The van der Waals surface area contributed by atoms with Gasteiger partial charge < -0.3 is 15.3 Å². The molecule has 0 unspecified atom stereocenters. The van der Waals surface area contributed by atoms with Crippen molar-refractivity contribution in [2.24, 2.45) is 0 Å². The Kier molecular flexibility index (Phi) is 6.20. The zero-order valence-corrected chi connectivity index (χ0v) is 14.1. The van der Waals surface area contributed by atoms with Gasteiger partial charge in [0.15, 0.2) is 0 Å². The zero-order chi connectivity index (χ0) is 16.0. The standard InChI is InChI=1S/C15H21BrN2O3/c1-4-15(5-2,13(19)20)17-14(21)18(3)10-11-8-6-7-9-12(11)16/h6-9H,4-5,10H2,1-3H3,(H,17,21)(H,19,20). The van der Waals surface area contributed by atoms with Gasteiger partial charge in [0.2, 0.25) is 0 Å². The molecule has 0 fully saturated rings. The largest absolute Gasteiger partial charge is 0.480 e. The van der Waals surface area contributed by atoms with E-state index in [1.165, 1.54) is 4.90 Å². The highest BCUT2D eigenvalue weighted by molar-refractivity contribution is 9.10. The minimum atomic E-state index is -1.21. The van der Waals surface area contributed by atoms with E-state index in [4.69, 9.17) is 0 Å². The molecule has 6 heteroatoms. The first kappa shape index (κ1) is 17.5. The molecule has 0 saturated carbocycles. The second-order valence-corrected chi connectivity index (χ2v) is 5.83. The number of benzene rings is 1. The third-order valence-corrected chi connectivity index (χ3v) is 4.45. The molecule has 1 aromatic rings. The van der Waals surface area contributed by atoms with E-state index in [9.17, 15) is 14.7 Å². The molecule has 116 valence electrons. The molecule has 0 saturated heterocycles. The van der Waals surface area contributed by atoms with Gasteiger partial charge in [-0.15, -0.1) is 0 Å².